The lowest BCUT2D eigenvalue weighted by Crippen LogP contribution is -2.38. The Labute approximate surface area is 134 Å². The molecule has 1 aromatic rings. The van der Waals surface area contributed by atoms with Crippen molar-refractivity contribution >= 4 is 28.4 Å². The number of anilines is 1. The molecule has 112 valence electrons. The molecule has 1 unspecified atom stereocenters. The lowest BCUT2D eigenvalue weighted by atomic mass is 10.2. The minimum atomic E-state index is -0.0107. The lowest BCUT2D eigenvalue weighted by Gasteiger charge is -2.31. The van der Waals surface area contributed by atoms with Crippen LogP contribution in [0, 0.1) is 3.57 Å². The first kappa shape index (κ1) is 15.9. The average molecular weight is 390 g/mol. The molecule has 2 heterocycles. The van der Waals surface area contributed by atoms with Crippen LogP contribution in [0.2, 0.25) is 0 Å². The van der Waals surface area contributed by atoms with Gasteiger partial charge in [-0.3, -0.25) is 4.90 Å². The zero-order valence-corrected chi connectivity index (χ0v) is 14.6. The molecule has 1 aromatic heterocycles. The third kappa shape index (κ3) is 3.59. The maximum absolute atomic E-state index is 5.87. The summed E-state index contributed by atoms with van der Waals surface area (Å²) < 4.78 is 7.00. The molecule has 0 amide bonds. The van der Waals surface area contributed by atoms with E-state index in [0.717, 1.165) is 60.0 Å². The van der Waals surface area contributed by atoms with Gasteiger partial charge in [0.15, 0.2) is 5.82 Å². The Kier molecular flexibility index (Phi) is 5.98. The van der Waals surface area contributed by atoms with E-state index in [0.29, 0.717) is 0 Å². The van der Waals surface area contributed by atoms with Gasteiger partial charge in [0.25, 0.3) is 0 Å². The second-order valence-corrected chi connectivity index (χ2v) is 6.02. The Morgan fingerprint density at radius 3 is 2.85 bits per heavy atom. The van der Waals surface area contributed by atoms with Crippen molar-refractivity contribution in [3.8, 4) is 0 Å². The minimum Gasteiger partial charge on any atom is -0.372 e. The molecule has 0 aliphatic carbocycles. The smallest absolute Gasteiger partial charge is 0.161 e. The van der Waals surface area contributed by atoms with Gasteiger partial charge < -0.3 is 10.1 Å². The van der Waals surface area contributed by atoms with Gasteiger partial charge in [0.1, 0.15) is 11.9 Å². The zero-order valence-electron chi connectivity index (χ0n) is 12.4. The van der Waals surface area contributed by atoms with Crippen LogP contribution in [0.15, 0.2) is 0 Å². The number of morpholine rings is 1. The van der Waals surface area contributed by atoms with E-state index in [1.54, 1.807) is 0 Å². The molecule has 1 aliphatic rings. The van der Waals surface area contributed by atoms with Crippen LogP contribution in [0.1, 0.15) is 37.9 Å². The Balaban J connectivity index is 2.28. The highest BCUT2D eigenvalue weighted by molar-refractivity contribution is 14.1. The summed E-state index contributed by atoms with van der Waals surface area (Å²) in [5.41, 5.74) is 1.12. The Hall–Kier alpha value is -0.470. The van der Waals surface area contributed by atoms with Crippen LogP contribution in [0.4, 0.5) is 5.82 Å². The molecular weight excluding hydrogens is 367 g/mol. The summed E-state index contributed by atoms with van der Waals surface area (Å²) >= 11 is 2.32. The maximum Gasteiger partial charge on any atom is 0.161 e. The Morgan fingerprint density at radius 1 is 1.40 bits per heavy atom. The minimum absolute atomic E-state index is 0.0107. The van der Waals surface area contributed by atoms with Gasteiger partial charge in [0.2, 0.25) is 0 Å². The number of hydrogen-bond donors (Lipinski definition) is 1. The molecule has 1 N–H and O–H groups in total. The molecule has 1 saturated heterocycles. The Bertz CT molecular complexity index is 455. The summed E-state index contributed by atoms with van der Waals surface area (Å²) in [4.78, 5) is 11.8. The van der Waals surface area contributed by atoms with Gasteiger partial charge in [-0.1, -0.05) is 20.3 Å². The molecule has 6 heteroatoms. The number of hydrogen-bond acceptors (Lipinski definition) is 5. The average Bonchev–Trinajstić information content (AvgIpc) is 2.49. The number of nitrogens with one attached hydrogen (secondary N) is 1. The maximum atomic E-state index is 5.87. The molecule has 0 spiro atoms. The summed E-state index contributed by atoms with van der Waals surface area (Å²) in [6.45, 7) is 8.03. The SMILES string of the molecule is CCCc1nc(C2CN(CC)CCO2)nc(NC)c1I. The molecule has 1 aliphatic heterocycles. The molecule has 0 radical (unpaired) electrons. The largest absolute Gasteiger partial charge is 0.372 e. The summed E-state index contributed by atoms with van der Waals surface area (Å²) in [5.74, 6) is 1.73. The Morgan fingerprint density at radius 2 is 2.20 bits per heavy atom. The van der Waals surface area contributed by atoms with E-state index in [1.807, 2.05) is 7.05 Å². The van der Waals surface area contributed by atoms with Crippen LogP contribution in [-0.2, 0) is 11.2 Å². The van der Waals surface area contributed by atoms with Crippen molar-refractivity contribution in [2.45, 2.75) is 32.8 Å². The van der Waals surface area contributed by atoms with Gasteiger partial charge in [-0.25, -0.2) is 9.97 Å². The van der Waals surface area contributed by atoms with E-state index in [1.165, 1.54) is 0 Å². The number of aromatic nitrogens is 2. The first-order valence-corrected chi connectivity index (χ1v) is 8.35. The van der Waals surface area contributed by atoms with Crippen molar-refractivity contribution in [2.24, 2.45) is 0 Å². The van der Waals surface area contributed by atoms with E-state index >= 15 is 0 Å². The fourth-order valence-electron chi connectivity index (χ4n) is 2.37. The zero-order chi connectivity index (χ0) is 14.5. The van der Waals surface area contributed by atoms with Gasteiger partial charge >= 0.3 is 0 Å². The summed E-state index contributed by atoms with van der Waals surface area (Å²) in [6, 6.07) is 0. The standard InChI is InChI=1S/C14H23IN4O/c1-4-6-10-12(15)14(16-3)18-13(17-10)11-9-19(5-2)7-8-20-11/h11H,4-9H2,1-3H3,(H,16,17,18). The van der Waals surface area contributed by atoms with Crippen molar-refractivity contribution in [1.82, 2.24) is 14.9 Å². The van der Waals surface area contributed by atoms with Crippen molar-refractivity contribution in [2.75, 3.05) is 38.6 Å². The van der Waals surface area contributed by atoms with Crippen molar-refractivity contribution in [3.63, 3.8) is 0 Å². The topological polar surface area (TPSA) is 50.3 Å². The van der Waals surface area contributed by atoms with E-state index < -0.39 is 0 Å². The molecule has 1 fully saturated rings. The molecule has 0 bridgehead atoms. The first-order valence-electron chi connectivity index (χ1n) is 7.27. The summed E-state index contributed by atoms with van der Waals surface area (Å²) in [6.07, 6.45) is 2.05. The molecule has 1 atom stereocenters. The van der Waals surface area contributed by atoms with Crippen molar-refractivity contribution < 1.29 is 4.74 Å². The summed E-state index contributed by atoms with van der Waals surface area (Å²) in [5, 5.41) is 3.17. The fraction of sp³-hybridized carbons (Fsp3) is 0.714. The number of rotatable bonds is 5. The second-order valence-electron chi connectivity index (χ2n) is 4.94. The number of halogens is 1. The van der Waals surface area contributed by atoms with Gasteiger partial charge in [-0.05, 0) is 35.6 Å². The van der Waals surface area contributed by atoms with Gasteiger partial charge in [-0.2, -0.15) is 0 Å². The van der Waals surface area contributed by atoms with E-state index in [4.69, 9.17) is 9.72 Å². The monoisotopic (exact) mass is 390 g/mol. The number of ether oxygens (including phenoxy) is 1. The van der Waals surface area contributed by atoms with Gasteiger partial charge in [0, 0.05) is 20.1 Å². The van der Waals surface area contributed by atoms with Crippen LogP contribution in [-0.4, -0.2) is 48.2 Å². The predicted octanol–water partition coefficient (Wildman–Crippen LogP) is 2.47. The summed E-state index contributed by atoms with van der Waals surface area (Å²) in [7, 11) is 1.91. The first-order chi connectivity index (χ1) is 9.69. The third-order valence-electron chi connectivity index (χ3n) is 3.55. The van der Waals surface area contributed by atoms with Crippen molar-refractivity contribution in [1.29, 1.82) is 0 Å². The molecular formula is C14H23IN4O. The van der Waals surface area contributed by atoms with Gasteiger partial charge in [-0.15, -0.1) is 0 Å². The fourth-order valence-corrected chi connectivity index (χ4v) is 3.15. The van der Waals surface area contributed by atoms with Crippen molar-refractivity contribution in [3.05, 3.63) is 15.1 Å². The van der Waals surface area contributed by atoms with E-state index in [9.17, 15) is 0 Å². The third-order valence-corrected chi connectivity index (χ3v) is 4.68. The van der Waals surface area contributed by atoms with Crippen LogP contribution in [0.3, 0.4) is 0 Å². The molecule has 20 heavy (non-hydrogen) atoms. The van der Waals surface area contributed by atoms with Crippen LogP contribution in [0.25, 0.3) is 0 Å². The van der Waals surface area contributed by atoms with Crippen LogP contribution < -0.4 is 5.32 Å². The van der Waals surface area contributed by atoms with Crippen LogP contribution in [0.5, 0.6) is 0 Å². The van der Waals surface area contributed by atoms with E-state index in [2.05, 4.69) is 51.6 Å². The molecule has 2 rings (SSSR count). The normalized spacial score (nSPS) is 20.1. The lowest BCUT2D eigenvalue weighted by molar-refractivity contribution is -0.0326. The quantitative estimate of drug-likeness (QED) is 0.783. The highest BCUT2D eigenvalue weighted by Gasteiger charge is 2.25. The van der Waals surface area contributed by atoms with Crippen LogP contribution >= 0.6 is 22.6 Å². The molecule has 0 saturated carbocycles. The molecule has 5 nitrogen and oxygen atoms in total. The van der Waals surface area contributed by atoms with Gasteiger partial charge in [0.05, 0.1) is 15.9 Å². The highest BCUT2D eigenvalue weighted by atomic mass is 127. The highest BCUT2D eigenvalue weighted by Crippen LogP contribution is 2.25. The predicted molar refractivity (Wildman–Crippen MR) is 89.1 cm³/mol. The molecule has 0 aromatic carbocycles. The second kappa shape index (κ2) is 7.51. The number of likely N-dealkylation sites (N-methyl/N-ethyl adjacent to an activating group) is 1. The number of aryl methyl sites for hydroxylation is 1. The van der Waals surface area contributed by atoms with E-state index in [-0.39, 0.29) is 6.10 Å². The number of nitrogens with zero attached hydrogens (tertiary/aromatic N) is 3.